The molecule has 1 aliphatic heterocycles. The molecule has 1 unspecified atom stereocenters. The van der Waals surface area contributed by atoms with Crippen molar-refractivity contribution in [3.63, 3.8) is 0 Å². The van der Waals surface area contributed by atoms with E-state index < -0.39 is 0 Å². The fourth-order valence-electron chi connectivity index (χ4n) is 2.89. The third-order valence-corrected chi connectivity index (χ3v) is 4.02. The molecule has 0 spiro atoms. The number of hydrogen-bond acceptors (Lipinski definition) is 3. The van der Waals surface area contributed by atoms with Gasteiger partial charge in [0.15, 0.2) is 0 Å². The number of aryl methyl sites for hydroxylation is 1. The van der Waals surface area contributed by atoms with E-state index in [9.17, 15) is 4.79 Å². The SMILES string of the molecule is CNc1cc(C)ccc1C(=O)N1CCCC(CCO)C1. The summed E-state index contributed by atoms with van der Waals surface area (Å²) >= 11 is 0. The standard InChI is InChI=1S/C16H24N2O2/c1-12-5-6-14(15(10-12)17-2)16(20)18-8-3-4-13(11-18)7-9-19/h5-6,10,13,17,19H,3-4,7-9,11H2,1-2H3. The summed E-state index contributed by atoms with van der Waals surface area (Å²) in [4.78, 5) is 14.6. The van der Waals surface area contributed by atoms with Gasteiger partial charge in [-0.25, -0.2) is 0 Å². The molecule has 0 saturated carbocycles. The summed E-state index contributed by atoms with van der Waals surface area (Å²) in [6, 6.07) is 5.88. The first-order valence-electron chi connectivity index (χ1n) is 7.34. The average Bonchev–Trinajstić information content (AvgIpc) is 2.47. The van der Waals surface area contributed by atoms with Gasteiger partial charge in [-0.1, -0.05) is 6.07 Å². The fraction of sp³-hybridized carbons (Fsp3) is 0.562. The number of likely N-dealkylation sites (tertiary alicyclic amines) is 1. The molecule has 4 nitrogen and oxygen atoms in total. The minimum Gasteiger partial charge on any atom is -0.396 e. The number of piperidine rings is 1. The Morgan fingerprint density at radius 2 is 2.30 bits per heavy atom. The van der Waals surface area contributed by atoms with Gasteiger partial charge in [-0.3, -0.25) is 4.79 Å². The topological polar surface area (TPSA) is 52.6 Å². The van der Waals surface area contributed by atoms with Gasteiger partial charge in [0.2, 0.25) is 0 Å². The molecule has 0 aliphatic carbocycles. The number of anilines is 1. The third kappa shape index (κ3) is 3.31. The molecule has 1 heterocycles. The summed E-state index contributed by atoms with van der Waals surface area (Å²) in [7, 11) is 1.84. The second kappa shape index (κ2) is 6.75. The van der Waals surface area contributed by atoms with Gasteiger partial charge in [0.05, 0.1) is 5.56 Å². The van der Waals surface area contributed by atoms with E-state index in [2.05, 4.69) is 5.32 Å². The lowest BCUT2D eigenvalue weighted by Crippen LogP contribution is -2.40. The molecule has 4 heteroatoms. The van der Waals surface area contributed by atoms with Gasteiger partial charge < -0.3 is 15.3 Å². The van der Waals surface area contributed by atoms with Crippen LogP contribution in [0.2, 0.25) is 0 Å². The van der Waals surface area contributed by atoms with Gasteiger partial charge in [0, 0.05) is 32.4 Å². The minimum absolute atomic E-state index is 0.0944. The first-order valence-corrected chi connectivity index (χ1v) is 7.34. The Labute approximate surface area is 120 Å². The first-order chi connectivity index (χ1) is 9.65. The number of aliphatic hydroxyl groups excluding tert-OH is 1. The molecule has 1 aromatic carbocycles. The van der Waals surface area contributed by atoms with Crippen LogP contribution in [-0.2, 0) is 0 Å². The van der Waals surface area contributed by atoms with Crippen LogP contribution < -0.4 is 5.32 Å². The normalized spacial score (nSPS) is 18.9. The summed E-state index contributed by atoms with van der Waals surface area (Å²) in [5, 5.41) is 12.2. The molecule has 2 rings (SSSR count). The van der Waals surface area contributed by atoms with Gasteiger partial charge in [0.25, 0.3) is 5.91 Å². The Kier molecular flexibility index (Phi) is 5.01. The van der Waals surface area contributed by atoms with Gasteiger partial charge in [-0.15, -0.1) is 0 Å². The molecule has 2 N–H and O–H groups in total. The van der Waals surface area contributed by atoms with Gasteiger partial charge in [0.1, 0.15) is 0 Å². The van der Waals surface area contributed by atoms with Gasteiger partial charge >= 0.3 is 0 Å². The fourth-order valence-corrected chi connectivity index (χ4v) is 2.89. The molecule has 0 radical (unpaired) electrons. The zero-order valence-corrected chi connectivity index (χ0v) is 12.4. The van der Waals surface area contributed by atoms with Crippen molar-refractivity contribution in [3.05, 3.63) is 29.3 Å². The van der Waals surface area contributed by atoms with Crippen molar-refractivity contribution < 1.29 is 9.90 Å². The van der Waals surface area contributed by atoms with Crippen LogP contribution in [0.5, 0.6) is 0 Å². The van der Waals surface area contributed by atoms with Crippen LogP contribution >= 0.6 is 0 Å². The van der Waals surface area contributed by atoms with E-state index in [-0.39, 0.29) is 12.5 Å². The highest BCUT2D eigenvalue weighted by atomic mass is 16.3. The lowest BCUT2D eigenvalue weighted by molar-refractivity contribution is 0.0654. The second-order valence-corrected chi connectivity index (χ2v) is 5.57. The lowest BCUT2D eigenvalue weighted by Gasteiger charge is -2.33. The zero-order valence-electron chi connectivity index (χ0n) is 12.4. The molecule has 1 aliphatic rings. The highest BCUT2D eigenvalue weighted by molar-refractivity contribution is 5.99. The highest BCUT2D eigenvalue weighted by Crippen LogP contribution is 2.24. The Morgan fingerprint density at radius 3 is 3.00 bits per heavy atom. The Hall–Kier alpha value is -1.55. The molecular formula is C16H24N2O2. The van der Waals surface area contributed by atoms with Crippen molar-refractivity contribution in [2.45, 2.75) is 26.2 Å². The van der Waals surface area contributed by atoms with E-state index in [1.165, 1.54) is 0 Å². The molecular weight excluding hydrogens is 252 g/mol. The van der Waals surface area contributed by atoms with Crippen LogP contribution in [0.1, 0.15) is 35.2 Å². The van der Waals surface area contributed by atoms with E-state index in [1.54, 1.807) is 0 Å². The van der Waals surface area contributed by atoms with Crippen LogP contribution in [-0.4, -0.2) is 42.7 Å². The number of nitrogens with one attached hydrogen (secondary N) is 1. The number of amides is 1. The second-order valence-electron chi connectivity index (χ2n) is 5.57. The first kappa shape index (κ1) is 14.9. The molecule has 1 atom stereocenters. The molecule has 20 heavy (non-hydrogen) atoms. The highest BCUT2D eigenvalue weighted by Gasteiger charge is 2.25. The molecule has 1 saturated heterocycles. The van der Waals surface area contributed by atoms with Gasteiger partial charge in [-0.2, -0.15) is 0 Å². The van der Waals surface area contributed by atoms with Crippen LogP contribution in [0.25, 0.3) is 0 Å². The molecule has 1 aromatic rings. The maximum Gasteiger partial charge on any atom is 0.255 e. The minimum atomic E-state index is 0.0944. The number of nitrogens with zero attached hydrogens (tertiary/aromatic N) is 1. The van der Waals surface area contributed by atoms with Crippen LogP contribution in [0.3, 0.4) is 0 Å². The third-order valence-electron chi connectivity index (χ3n) is 4.02. The summed E-state index contributed by atoms with van der Waals surface area (Å²) in [5.41, 5.74) is 2.77. The smallest absolute Gasteiger partial charge is 0.255 e. The van der Waals surface area contributed by atoms with Crippen molar-refractivity contribution >= 4 is 11.6 Å². The van der Waals surface area contributed by atoms with Crippen LogP contribution in [0.15, 0.2) is 18.2 Å². The molecule has 110 valence electrons. The number of benzene rings is 1. The number of aliphatic hydroxyl groups is 1. The van der Waals surface area contributed by atoms with E-state index in [0.717, 1.165) is 49.2 Å². The monoisotopic (exact) mass is 276 g/mol. The number of carbonyl (C=O) groups excluding carboxylic acids is 1. The largest absolute Gasteiger partial charge is 0.396 e. The number of rotatable bonds is 4. The molecule has 1 fully saturated rings. The summed E-state index contributed by atoms with van der Waals surface area (Å²) in [6.45, 7) is 3.81. The van der Waals surface area contributed by atoms with E-state index in [1.807, 2.05) is 37.1 Å². The average molecular weight is 276 g/mol. The van der Waals surface area contributed by atoms with Crippen molar-refractivity contribution in [3.8, 4) is 0 Å². The van der Waals surface area contributed by atoms with Crippen molar-refractivity contribution in [1.82, 2.24) is 4.90 Å². The quantitative estimate of drug-likeness (QED) is 0.887. The Bertz CT molecular complexity index is 472. The molecule has 0 aromatic heterocycles. The lowest BCUT2D eigenvalue weighted by atomic mass is 9.94. The summed E-state index contributed by atoms with van der Waals surface area (Å²) < 4.78 is 0. The van der Waals surface area contributed by atoms with E-state index >= 15 is 0 Å². The molecule has 1 amide bonds. The number of hydrogen-bond donors (Lipinski definition) is 2. The van der Waals surface area contributed by atoms with Crippen LogP contribution in [0.4, 0.5) is 5.69 Å². The molecule has 0 bridgehead atoms. The van der Waals surface area contributed by atoms with Crippen LogP contribution in [0, 0.1) is 12.8 Å². The predicted molar refractivity (Wildman–Crippen MR) is 81.1 cm³/mol. The maximum absolute atomic E-state index is 12.7. The van der Waals surface area contributed by atoms with E-state index in [0.29, 0.717) is 5.92 Å². The van der Waals surface area contributed by atoms with Crippen molar-refractivity contribution in [2.24, 2.45) is 5.92 Å². The van der Waals surface area contributed by atoms with E-state index in [4.69, 9.17) is 5.11 Å². The summed E-state index contributed by atoms with van der Waals surface area (Å²) in [6.07, 6.45) is 2.92. The predicted octanol–water partition coefficient (Wildman–Crippen LogP) is 2.27. The Balaban J connectivity index is 2.14. The summed E-state index contributed by atoms with van der Waals surface area (Å²) in [5.74, 6) is 0.526. The van der Waals surface area contributed by atoms with Crippen molar-refractivity contribution in [1.29, 1.82) is 0 Å². The van der Waals surface area contributed by atoms with Crippen molar-refractivity contribution in [2.75, 3.05) is 32.1 Å². The number of carbonyl (C=O) groups is 1. The van der Waals surface area contributed by atoms with Gasteiger partial charge in [-0.05, 0) is 49.8 Å². The Morgan fingerprint density at radius 1 is 1.50 bits per heavy atom. The maximum atomic E-state index is 12.7. The zero-order chi connectivity index (χ0) is 14.5.